The van der Waals surface area contributed by atoms with Crippen LogP contribution in [0.4, 0.5) is 0 Å². The standard InChI is InChI=1S/C15H22N2O/c1-12(2)17-15(10-16,11-18-13(3)4)14-8-6-5-7-9-14/h5-9,12-13,17H,11H2,1-4H3. The van der Waals surface area contributed by atoms with Gasteiger partial charge in [-0.25, -0.2) is 0 Å². The molecular weight excluding hydrogens is 224 g/mol. The molecule has 3 heteroatoms. The SMILES string of the molecule is CC(C)NC(C#N)(COC(C)C)c1ccccc1. The number of rotatable bonds is 6. The molecule has 1 rings (SSSR count). The largest absolute Gasteiger partial charge is 0.375 e. The second kappa shape index (κ2) is 6.53. The molecular formula is C15H22N2O. The summed E-state index contributed by atoms with van der Waals surface area (Å²) in [7, 11) is 0. The van der Waals surface area contributed by atoms with E-state index in [9.17, 15) is 5.26 Å². The van der Waals surface area contributed by atoms with Gasteiger partial charge in [-0.05, 0) is 33.3 Å². The number of nitrogens with zero attached hydrogens (tertiary/aromatic N) is 1. The van der Waals surface area contributed by atoms with E-state index in [1.54, 1.807) is 0 Å². The van der Waals surface area contributed by atoms with Gasteiger partial charge in [-0.3, -0.25) is 5.32 Å². The Balaban J connectivity index is 3.03. The third-order valence-electron chi connectivity index (χ3n) is 2.63. The first-order chi connectivity index (χ1) is 8.50. The van der Waals surface area contributed by atoms with E-state index in [4.69, 9.17) is 4.74 Å². The molecule has 1 aromatic rings. The summed E-state index contributed by atoms with van der Waals surface area (Å²) in [5.74, 6) is 0. The molecule has 0 aromatic heterocycles. The predicted octanol–water partition coefficient (Wildman–Crippen LogP) is 2.83. The minimum Gasteiger partial charge on any atom is -0.375 e. The highest BCUT2D eigenvalue weighted by Crippen LogP contribution is 2.22. The Hall–Kier alpha value is -1.37. The first-order valence-electron chi connectivity index (χ1n) is 6.36. The Labute approximate surface area is 110 Å². The fourth-order valence-electron chi connectivity index (χ4n) is 1.84. The lowest BCUT2D eigenvalue weighted by Gasteiger charge is -2.31. The molecule has 0 bridgehead atoms. The van der Waals surface area contributed by atoms with Crippen molar-refractivity contribution in [1.29, 1.82) is 5.26 Å². The summed E-state index contributed by atoms with van der Waals surface area (Å²) in [4.78, 5) is 0. The Bertz CT molecular complexity index is 395. The van der Waals surface area contributed by atoms with Gasteiger partial charge in [0.05, 0.1) is 18.8 Å². The topological polar surface area (TPSA) is 45.0 Å². The minimum absolute atomic E-state index is 0.107. The lowest BCUT2D eigenvalue weighted by Crippen LogP contribution is -2.48. The van der Waals surface area contributed by atoms with Crippen LogP contribution in [0.2, 0.25) is 0 Å². The fourth-order valence-corrected chi connectivity index (χ4v) is 1.84. The average molecular weight is 246 g/mol. The normalized spacial score (nSPS) is 14.5. The molecule has 1 atom stereocenters. The lowest BCUT2D eigenvalue weighted by atomic mass is 9.91. The quantitative estimate of drug-likeness (QED) is 0.839. The van der Waals surface area contributed by atoms with Crippen LogP contribution < -0.4 is 5.32 Å². The van der Waals surface area contributed by atoms with Crippen LogP contribution in [0.5, 0.6) is 0 Å². The molecule has 3 nitrogen and oxygen atoms in total. The monoisotopic (exact) mass is 246 g/mol. The van der Waals surface area contributed by atoms with Crippen molar-refractivity contribution in [3.05, 3.63) is 35.9 Å². The van der Waals surface area contributed by atoms with Gasteiger partial charge in [0.2, 0.25) is 0 Å². The van der Waals surface area contributed by atoms with Crippen LogP contribution in [-0.4, -0.2) is 18.8 Å². The van der Waals surface area contributed by atoms with Gasteiger partial charge >= 0.3 is 0 Å². The number of nitrogens with one attached hydrogen (secondary N) is 1. The maximum Gasteiger partial charge on any atom is 0.156 e. The smallest absolute Gasteiger partial charge is 0.156 e. The molecule has 0 aliphatic rings. The maximum absolute atomic E-state index is 9.60. The van der Waals surface area contributed by atoms with Gasteiger partial charge in [0.1, 0.15) is 0 Å². The molecule has 1 unspecified atom stereocenters. The van der Waals surface area contributed by atoms with Crippen molar-refractivity contribution in [1.82, 2.24) is 5.32 Å². The first kappa shape index (κ1) is 14.7. The molecule has 0 aliphatic carbocycles. The third kappa shape index (κ3) is 3.83. The molecule has 18 heavy (non-hydrogen) atoms. The van der Waals surface area contributed by atoms with Crippen LogP contribution in [0.1, 0.15) is 33.3 Å². The Morgan fingerprint density at radius 3 is 2.28 bits per heavy atom. The molecule has 0 aliphatic heterocycles. The number of benzene rings is 1. The Morgan fingerprint density at radius 1 is 1.22 bits per heavy atom. The highest BCUT2D eigenvalue weighted by Gasteiger charge is 2.33. The van der Waals surface area contributed by atoms with Gasteiger partial charge in [-0.2, -0.15) is 5.26 Å². The van der Waals surface area contributed by atoms with Crippen LogP contribution >= 0.6 is 0 Å². The van der Waals surface area contributed by atoms with Crippen LogP contribution in [0.25, 0.3) is 0 Å². The first-order valence-corrected chi connectivity index (χ1v) is 6.36. The molecule has 98 valence electrons. The van der Waals surface area contributed by atoms with Crippen molar-refractivity contribution >= 4 is 0 Å². The summed E-state index contributed by atoms with van der Waals surface area (Å²) < 4.78 is 5.67. The molecule has 0 spiro atoms. The van der Waals surface area contributed by atoms with E-state index in [0.29, 0.717) is 6.61 Å². The van der Waals surface area contributed by atoms with E-state index in [-0.39, 0.29) is 12.1 Å². The molecule has 1 N–H and O–H groups in total. The van der Waals surface area contributed by atoms with E-state index in [1.807, 2.05) is 58.0 Å². The lowest BCUT2D eigenvalue weighted by molar-refractivity contribution is 0.0407. The molecule has 0 fully saturated rings. The second-order valence-electron chi connectivity index (χ2n) is 5.04. The molecule has 0 saturated carbocycles. The zero-order valence-electron chi connectivity index (χ0n) is 11.6. The van der Waals surface area contributed by atoms with Gasteiger partial charge in [-0.15, -0.1) is 0 Å². The summed E-state index contributed by atoms with van der Waals surface area (Å²) in [5.41, 5.74) is 0.168. The molecule has 0 amide bonds. The van der Waals surface area contributed by atoms with E-state index in [1.165, 1.54) is 0 Å². The molecule has 0 heterocycles. The van der Waals surface area contributed by atoms with Crippen molar-refractivity contribution in [3.8, 4) is 6.07 Å². The van der Waals surface area contributed by atoms with Gasteiger partial charge in [-0.1, -0.05) is 30.3 Å². The van der Waals surface area contributed by atoms with E-state index < -0.39 is 5.54 Å². The molecule has 1 aromatic carbocycles. The predicted molar refractivity (Wildman–Crippen MR) is 73.1 cm³/mol. The maximum atomic E-state index is 9.60. The van der Waals surface area contributed by atoms with Crippen molar-refractivity contribution in [2.45, 2.75) is 45.4 Å². The Morgan fingerprint density at radius 2 is 1.83 bits per heavy atom. The summed E-state index contributed by atoms with van der Waals surface area (Å²) in [6.45, 7) is 8.36. The van der Waals surface area contributed by atoms with E-state index in [0.717, 1.165) is 5.56 Å². The van der Waals surface area contributed by atoms with Crippen LogP contribution in [0.15, 0.2) is 30.3 Å². The Kier molecular flexibility index (Phi) is 5.33. The summed E-state index contributed by atoms with van der Waals surface area (Å²) in [5, 5.41) is 12.9. The zero-order chi connectivity index (χ0) is 13.6. The number of hydrogen-bond acceptors (Lipinski definition) is 3. The second-order valence-corrected chi connectivity index (χ2v) is 5.04. The summed E-state index contributed by atoms with van der Waals surface area (Å²) in [6.07, 6.45) is 0.107. The van der Waals surface area contributed by atoms with Gasteiger partial charge < -0.3 is 4.74 Å². The molecule has 0 saturated heterocycles. The van der Waals surface area contributed by atoms with Crippen LogP contribution in [0, 0.1) is 11.3 Å². The van der Waals surface area contributed by atoms with Gasteiger partial charge in [0.25, 0.3) is 0 Å². The van der Waals surface area contributed by atoms with Crippen molar-refractivity contribution in [3.63, 3.8) is 0 Å². The number of hydrogen-bond donors (Lipinski definition) is 1. The molecule has 0 radical (unpaired) electrons. The number of ether oxygens (including phenoxy) is 1. The van der Waals surface area contributed by atoms with E-state index >= 15 is 0 Å². The third-order valence-corrected chi connectivity index (χ3v) is 2.63. The van der Waals surface area contributed by atoms with Crippen LogP contribution in [0.3, 0.4) is 0 Å². The van der Waals surface area contributed by atoms with Crippen molar-refractivity contribution < 1.29 is 4.74 Å². The zero-order valence-corrected chi connectivity index (χ0v) is 11.6. The summed E-state index contributed by atoms with van der Waals surface area (Å²) in [6, 6.07) is 12.3. The van der Waals surface area contributed by atoms with Crippen molar-refractivity contribution in [2.24, 2.45) is 0 Å². The van der Waals surface area contributed by atoms with Crippen molar-refractivity contribution in [2.75, 3.05) is 6.61 Å². The van der Waals surface area contributed by atoms with Crippen LogP contribution in [-0.2, 0) is 10.3 Å². The van der Waals surface area contributed by atoms with E-state index in [2.05, 4.69) is 11.4 Å². The average Bonchev–Trinajstić information content (AvgIpc) is 2.35. The highest BCUT2D eigenvalue weighted by molar-refractivity contribution is 5.31. The number of nitriles is 1. The highest BCUT2D eigenvalue weighted by atomic mass is 16.5. The summed E-state index contributed by atoms with van der Waals surface area (Å²) >= 11 is 0. The fraction of sp³-hybridized carbons (Fsp3) is 0.533. The van der Waals surface area contributed by atoms with Gasteiger partial charge in [0.15, 0.2) is 5.54 Å². The minimum atomic E-state index is -0.778. The van der Waals surface area contributed by atoms with Gasteiger partial charge in [0, 0.05) is 6.04 Å².